The minimum Gasteiger partial charge on any atom is -0.394 e. The van der Waals surface area contributed by atoms with Crippen LogP contribution in [0.25, 0.3) is 0 Å². The lowest BCUT2D eigenvalue weighted by atomic mass is 10.0. The summed E-state index contributed by atoms with van der Waals surface area (Å²) in [4.78, 5) is 12.2. The maximum atomic E-state index is 12.2. The standard InChI is InChI=1S/C27H49NO4/c1-3-5-7-9-11-13-15-17-19-21-26(31)25(23-29)28-27(32)22-24(30)20-18-16-14-12-10-8-6-4-2/h3,5,11,13,19,21,24-26,29-31H,4,6-10,12,14-18,20,22-23H2,1-2H3,(H,28,32)/b5-3+,13-11+,21-19+. The van der Waals surface area contributed by atoms with Gasteiger partial charge in [0.2, 0.25) is 5.91 Å². The van der Waals surface area contributed by atoms with E-state index in [1.54, 1.807) is 6.08 Å². The Morgan fingerprint density at radius 3 is 2.00 bits per heavy atom. The van der Waals surface area contributed by atoms with E-state index < -0.39 is 18.2 Å². The molecular formula is C27H49NO4. The fraction of sp³-hybridized carbons (Fsp3) is 0.741. The predicted molar refractivity (Wildman–Crippen MR) is 134 cm³/mol. The molecule has 0 radical (unpaired) electrons. The number of nitrogens with one attached hydrogen (secondary N) is 1. The third kappa shape index (κ3) is 19.3. The molecule has 186 valence electrons. The van der Waals surface area contributed by atoms with Crippen LogP contribution in [0.15, 0.2) is 36.5 Å². The fourth-order valence-electron chi connectivity index (χ4n) is 3.49. The molecular weight excluding hydrogens is 402 g/mol. The average Bonchev–Trinajstić information content (AvgIpc) is 2.77. The van der Waals surface area contributed by atoms with E-state index in [-0.39, 0.29) is 18.9 Å². The maximum Gasteiger partial charge on any atom is 0.222 e. The molecule has 0 spiro atoms. The van der Waals surface area contributed by atoms with Crippen LogP contribution in [-0.2, 0) is 4.79 Å². The number of allylic oxidation sites excluding steroid dienone is 5. The molecule has 0 aromatic carbocycles. The van der Waals surface area contributed by atoms with Crippen LogP contribution in [0.2, 0.25) is 0 Å². The topological polar surface area (TPSA) is 89.8 Å². The van der Waals surface area contributed by atoms with Crippen LogP contribution in [0.4, 0.5) is 0 Å². The highest BCUT2D eigenvalue weighted by molar-refractivity contribution is 5.76. The lowest BCUT2D eigenvalue weighted by Gasteiger charge is -2.21. The Morgan fingerprint density at radius 1 is 0.844 bits per heavy atom. The lowest BCUT2D eigenvalue weighted by molar-refractivity contribution is -0.124. The molecule has 32 heavy (non-hydrogen) atoms. The number of amides is 1. The Balaban J connectivity index is 3.98. The van der Waals surface area contributed by atoms with Gasteiger partial charge in [-0.15, -0.1) is 0 Å². The molecule has 0 rings (SSSR count). The highest BCUT2D eigenvalue weighted by Gasteiger charge is 2.19. The Morgan fingerprint density at radius 2 is 1.41 bits per heavy atom. The van der Waals surface area contributed by atoms with Crippen LogP contribution in [0.1, 0.15) is 104 Å². The van der Waals surface area contributed by atoms with Gasteiger partial charge in [0, 0.05) is 0 Å². The van der Waals surface area contributed by atoms with E-state index in [2.05, 4.69) is 30.5 Å². The normalized spacial score (nSPS) is 15.0. The molecule has 3 unspecified atom stereocenters. The molecule has 0 aromatic rings. The van der Waals surface area contributed by atoms with Crippen molar-refractivity contribution < 1.29 is 20.1 Å². The van der Waals surface area contributed by atoms with Gasteiger partial charge in [0.25, 0.3) is 0 Å². The van der Waals surface area contributed by atoms with Gasteiger partial charge in [0.15, 0.2) is 0 Å². The van der Waals surface area contributed by atoms with Crippen LogP contribution < -0.4 is 5.32 Å². The second-order valence-corrected chi connectivity index (χ2v) is 8.59. The number of unbranched alkanes of at least 4 members (excludes halogenated alkanes) is 9. The van der Waals surface area contributed by atoms with Crippen molar-refractivity contribution in [1.82, 2.24) is 5.32 Å². The molecule has 0 saturated carbocycles. The molecule has 1 amide bonds. The number of hydrogen-bond acceptors (Lipinski definition) is 4. The minimum atomic E-state index is -0.951. The number of rotatable bonds is 21. The summed E-state index contributed by atoms with van der Waals surface area (Å²) in [7, 11) is 0. The number of aliphatic hydroxyl groups excluding tert-OH is 3. The highest BCUT2D eigenvalue weighted by Crippen LogP contribution is 2.12. The molecule has 5 nitrogen and oxygen atoms in total. The van der Waals surface area contributed by atoms with Gasteiger partial charge in [-0.2, -0.15) is 0 Å². The smallest absolute Gasteiger partial charge is 0.222 e. The van der Waals surface area contributed by atoms with Gasteiger partial charge in [-0.05, 0) is 39.0 Å². The van der Waals surface area contributed by atoms with Crippen LogP contribution in [-0.4, -0.2) is 46.1 Å². The van der Waals surface area contributed by atoms with Crippen LogP contribution in [0.5, 0.6) is 0 Å². The zero-order valence-corrected chi connectivity index (χ0v) is 20.6. The van der Waals surface area contributed by atoms with Gasteiger partial charge < -0.3 is 20.6 Å². The molecule has 4 N–H and O–H groups in total. The third-order valence-corrected chi connectivity index (χ3v) is 5.50. The fourth-order valence-corrected chi connectivity index (χ4v) is 3.49. The van der Waals surface area contributed by atoms with Gasteiger partial charge in [0.1, 0.15) is 0 Å². The molecule has 0 bridgehead atoms. The Hall–Kier alpha value is -1.43. The molecule has 0 heterocycles. The van der Waals surface area contributed by atoms with E-state index in [0.717, 1.165) is 38.5 Å². The van der Waals surface area contributed by atoms with Crippen molar-refractivity contribution in [1.29, 1.82) is 0 Å². The van der Waals surface area contributed by atoms with Gasteiger partial charge >= 0.3 is 0 Å². The van der Waals surface area contributed by atoms with E-state index in [9.17, 15) is 20.1 Å². The van der Waals surface area contributed by atoms with Gasteiger partial charge in [0.05, 0.1) is 31.3 Å². The molecule has 5 heteroatoms. The summed E-state index contributed by atoms with van der Waals surface area (Å²) in [6.07, 6.45) is 24.3. The van der Waals surface area contributed by atoms with Gasteiger partial charge in [-0.1, -0.05) is 94.7 Å². The Labute approximate surface area is 196 Å². The largest absolute Gasteiger partial charge is 0.394 e. The first-order chi connectivity index (χ1) is 15.5. The molecule has 0 fully saturated rings. The van der Waals surface area contributed by atoms with E-state index in [4.69, 9.17) is 0 Å². The Kier molecular flexibility index (Phi) is 21.7. The first-order valence-electron chi connectivity index (χ1n) is 12.7. The quantitative estimate of drug-likeness (QED) is 0.140. The summed E-state index contributed by atoms with van der Waals surface area (Å²) in [6, 6.07) is -0.759. The van der Waals surface area contributed by atoms with Crippen LogP contribution in [0.3, 0.4) is 0 Å². The summed E-state index contributed by atoms with van der Waals surface area (Å²) < 4.78 is 0. The van der Waals surface area contributed by atoms with Crippen molar-refractivity contribution in [3.8, 4) is 0 Å². The highest BCUT2D eigenvalue weighted by atomic mass is 16.3. The second kappa shape index (κ2) is 22.8. The van der Waals surface area contributed by atoms with Crippen molar-refractivity contribution in [2.24, 2.45) is 0 Å². The monoisotopic (exact) mass is 451 g/mol. The summed E-state index contributed by atoms with van der Waals surface area (Å²) in [5.74, 6) is -0.340. The number of aliphatic hydroxyl groups is 3. The van der Waals surface area contributed by atoms with Crippen molar-refractivity contribution in [2.75, 3.05) is 6.61 Å². The second-order valence-electron chi connectivity index (χ2n) is 8.59. The van der Waals surface area contributed by atoms with Crippen molar-refractivity contribution in [2.45, 2.75) is 122 Å². The molecule has 0 aliphatic rings. The van der Waals surface area contributed by atoms with Crippen LogP contribution >= 0.6 is 0 Å². The number of carbonyl (C=O) groups is 1. The number of hydrogen-bond donors (Lipinski definition) is 4. The van der Waals surface area contributed by atoms with Crippen molar-refractivity contribution in [3.63, 3.8) is 0 Å². The summed E-state index contributed by atoms with van der Waals surface area (Å²) in [6.45, 7) is 3.88. The lowest BCUT2D eigenvalue weighted by Crippen LogP contribution is -2.45. The molecule has 0 saturated heterocycles. The predicted octanol–water partition coefficient (Wildman–Crippen LogP) is 5.36. The van der Waals surface area contributed by atoms with Crippen LogP contribution in [0, 0.1) is 0 Å². The maximum absolute atomic E-state index is 12.2. The average molecular weight is 452 g/mol. The SMILES string of the molecule is C/C=C/CC/C=C/CC/C=C/C(O)C(CO)NC(=O)CC(O)CCCCCCCCCC. The zero-order valence-electron chi connectivity index (χ0n) is 20.6. The van der Waals surface area contributed by atoms with E-state index in [1.165, 1.54) is 38.5 Å². The van der Waals surface area contributed by atoms with Crippen molar-refractivity contribution in [3.05, 3.63) is 36.5 Å². The molecule has 3 atom stereocenters. The number of carbonyl (C=O) groups excluding carboxylic acids is 1. The molecule has 0 aliphatic heterocycles. The van der Waals surface area contributed by atoms with Gasteiger partial charge in [-0.3, -0.25) is 4.79 Å². The van der Waals surface area contributed by atoms with Gasteiger partial charge in [-0.25, -0.2) is 0 Å². The minimum absolute atomic E-state index is 0.00144. The Bertz CT molecular complexity index is 516. The summed E-state index contributed by atoms with van der Waals surface area (Å²) in [5.41, 5.74) is 0. The third-order valence-electron chi connectivity index (χ3n) is 5.50. The van der Waals surface area contributed by atoms with Crippen molar-refractivity contribution >= 4 is 5.91 Å². The van der Waals surface area contributed by atoms with E-state index >= 15 is 0 Å². The van der Waals surface area contributed by atoms with E-state index in [1.807, 2.05) is 19.1 Å². The first-order valence-corrected chi connectivity index (χ1v) is 12.7. The summed E-state index contributed by atoms with van der Waals surface area (Å²) in [5, 5.41) is 32.5. The molecule has 0 aliphatic carbocycles. The first kappa shape index (κ1) is 30.6. The zero-order chi connectivity index (χ0) is 23.9. The summed E-state index contributed by atoms with van der Waals surface area (Å²) >= 11 is 0. The molecule has 0 aromatic heterocycles. The van der Waals surface area contributed by atoms with E-state index in [0.29, 0.717) is 6.42 Å².